The van der Waals surface area contributed by atoms with E-state index in [-0.39, 0.29) is 16.9 Å². The molecular weight excluding hydrogens is 260 g/mol. The molecule has 1 aromatic carbocycles. The Labute approximate surface area is 121 Å². The van der Waals surface area contributed by atoms with Crippen LogP contribution < -0.4 is 5.43 Å². The maximum absolute atomic E-state index is 12.0. The Morgan fingerprint density at radius 2 is 1.53 bits per heavy atom. The Morgan fingerprint density at radius 3 is 1.89 bits per heavy atom. The summed E-state index contributed by atoms with van der Waals surface area (Å²) in [6, 6.07) is 7.60. The number of hydrogen-bond acceptors (Lipinski definition) is 2. The number of carbonyl (C=O) groups is 1. The Kier molecular flexibility index (Phi) is 4.64. The lowest BCUT2D eigenvalue weighted by molar-refractivity contribution is 0.0806. The number of benzene rings is 1. The fourth-order valence-corrected chi connectivity index (χ4v) is 1.52. The van der Waals surface area contributed by atoms with E-state index in [4.69, 9.17) is 11.8 Å². The van der Waals surface area contributed by atoms with Crippen LogP contribution in [0.1, 0.15) is 57.5 Å². The van der Waals surface area contributed by atoms with Gasteiger partial charge in [0.1, 0.15) is 0 Å². The molecule has 0 unspecified atom stereocenters. The number of hydrazine groups is 1. The van der Waals surface area contributed by atoms with Crippen LogP contribution in [-0.4, -0.2) is 16.0 Å². The largest absolute Gasteiger partial charge is 0.270 e. The van der Waals surface area contributed by atoms with Gasteiger partial charge in [0.25, 0.3) is 5.91 Å². The van der Waals surface area contributed by atoms with Gasteiger partial charge in [-0.15, -0.1) is 4.53 Å². The van der Waals surface area contributed by atoms with Crippen LogP contribution in [0.2, 0.25) is 0 Å². The summed E-state index contributed by atoms with van der Waals surface area (Å²) in [7, 11) is 0. The van der Waals surface area contributed by atoms with Gasteiger partial charge in [0.15, 0.2) is 0 Å². The van der Waals surface area contributed by atoms with Crippen LogP contribution in [0.15, 0.2) is 24.3 Å². The predicted octanol–water partition coefficient (Wildman–Crippen LogP) is 3.88. The third kappa shape index (κ3) is 4.51. The number of carbonyl (C=O) groups excluding carboxylic acids is 1. The molecule has 1 aromatic rings. The molecule has 3 nitrogen and oxygen atoms in total. The summed E-state index contributed by atoms with van der Waals surface area (Å²) in [5.74, 6) is -0.203. The Bertz CT molecular complexity index is 441. The summed E-state index contributed by atoms with van der Waals surface area (Å²) in [4.78, 5) is 12.0. The van der Waals surface area contributed by atoms with E-state index in [0.717, 1.165) is 0 Å². The van der Waals surface area contributed by atoms with E-state index in [1.54, 1.807) is 0 Å². The topological polar surface area (TPSA) is 32.3 Å². The lowest BCUT2D eigenvalue weighted by Crippen LogP contribution is -2.46. The van der Waals surface area contributed by atoms with Crippen LogP contribution in [0.25, 0.3) is 0 Å². The number of hydrogen-bond donors (Lipinski definition) is 1. The van der Waals surface area contributed by atoms with Crippen LogP contribution in [-0.2, 0) is 5.41 Å². The monoisotopic (exact) mass is 282 g/mol. The van der Waals surface area contributed by atoms with E-state index in [1.807, 2.05) is 45.0 Å². The number of nitrogens with one attached hydrogen (secondary N) is 1. The zero-order valence-corrected chi connectivity index (χ0v) is 13.3. The molecule has 1 amide bonds. The molecule has 0 aliphatic heterocycles. The number of amides is 1. The SMILES string of the molecule is CC(C)(C)c1ccc(C(=O)NN(Cl)C(C)(C)C)cc1. The normalized spacial score (nSPS) is 12.6. The lowest BCUT2D eigenvalue weighted by atomic mass is 9.87. The molecule has 0 radical (unpaired) electrons. The van der Waals surface area contributed by atoms with Gasteiger partial charge in [-0.1, -0.05) is 32.9 Å². The third-order valence-electron chi connectivity index (χ3n) is 2.80. The number of nitrogens with zero attached hydrogens (tertiary/aromatic N) is 1. The van der Waals surface area contributed by atoms with Gasteiger partial charge in [-0.2, -0.15) is 0 Å². The third-order valence-corrected chi connectivity index (χ3v) is 3.39. The molecule has 4 heteroatoms. The first-order chi connectivity index (χ1) is 8.51. The second-order valence-corrected chi connectivity index (χ2v) is 7.06. The summed E-state index contributed by atoms with van der Waals surface area (Å²) >= 11 is 6.01. The summed E-state index contributed by atoms with van der Waals surface area (Å²) < 4.78 is 1.30. The Balaban J connectivity index is 2.80. The molecule has 19 heavy (non-hydrogen) atoms. The van der Waals surface area contributed by atoms with Crippen molar-refractivity contribution in [3.05, 3.63) is 35.4 Å². The standard InChI is InChI=1S/C15H23ClN2O/c1-14(2,3)12-9-7-11(8-10-12)13(19)17-18(16)15(4,5)6/h7-10H,1-6H3,(H,17,19). The molecule has 1 N–H and O–H groups in total. The Hall–Kier alpha value is -1.06. The van der Waals surface area contributed by atoms with E-state index >= 15 is 0 Å². The van der Waals surface area contributed by atoms with E-state index in [2.05, 4.69) is 26.2 Å². The zero-order chi connectivity index (χ0) is 14.8. The van der Waals surface area contributed by atoms with Crippen molar-refractivity contribution in [3.63, 3.8) is 0 Å². The fourth-order valence-electron chi connectivity index (χ4n) is 1.44. The quantitative estimate of drug-likeness (QED) is 0.659. The average molecular weight is 283 g/mol. The van der Waals surface area contributed by atoms with Crippen molar-refractivity contribution < 1.29 is 4.79 Å². The van der Waals surface area contributed by atoms with Crippen molar-refractivity contribution in [2.75, 3.05) is 0 Å². The molecule has 0 saturated carbocycles. The summed E-state index contributed by atoms with van der Waals surface area (Å²) in [5, 5.41) is 0. The fraction of sp³-hybridized carbons (Fsp3) is 0.533. The van der Waals surface area contributed by atoms with Crippen molar-refractivity contribution in [3.8, 4) is 0 Å². The molecular formula is C15H23ClN2O. The van der Waals surface area contributed by atoms with Gasteiger partial charge in [0.05, 0.1) is 0 Å². The highest BCUT2D eigenvalue weighted by atomic mass is 35.5. The van der Waals surface area contributed by atoms with Crippen LogP contribution in [0, 0.1) is 0 Å². The van der Waals surface area contributed by atoms with Crippen molar-refractivity contribution >= 4 is 17.7 Å². The summed E-state index contributed by atoms with van der Waals surface area (Å²) in [5.41, 5.74) is 4.20. The van der Waals surface area contributed by atoms with E-state index in [0.29, 0.717) is 5.56 Å². The predicted molar refractivity (Wildman–Crippen MR) is 80.1 cm³/mol. The Morgan fingerprint density at radius 1 is 1.05 bits per heavy atom. The van der Waals surface area contributed by atoms with Gasteiger partial charge in [0.2, 0.25) is 0 Å². The van der Waals surface area contributed by atoms with Crippen molar-refractivity contribution in [1.29, 1.82) is 0 Å². The highest BCUT2D eigenvalue weighted by molar-refractivity contribution is 6.14. The van der Waals surface area contributed by atoms with Gasteiger partial charge < -0.3 is 0 Å². The first-order valence-electron chi connectivity index (χ1n) is 6.39. The molecule has 0 fully saturated rings. The second-order valence-electron chi connectivity index (χ2n) is 6.72. The molecule has 0 aromatic heterocycles. The second kappa shape index (κ2) is 5.51. The zero-order valence-electron chi connectivity index (χ0n) is 12.5. The van der Waals surface area contributed by atoms with Crippen LogP contribution in [0.4, 0.5) is 0 Å². The number of halogens is 1. The molecule has 1 rings (SSSR count). The minimum absolute atomic E-state index is 0.0823. The maximum Gasteiger partial charge on any atom is 0.266 e. The number of rotatable bonds is 2. The smallest absolute Gasteiger partial charge is 0.266 e. The highest BCUT2D eigenvalue weighted by Gasteiger charge is 2.22. The van der Waals surface area contributed by atoms with Gasteiger partial charge >= 0.3 is 0 Å². The minimum atomic E-state index is -0.331. The van der Waals surface area contributed by atoms with Gasteiger partial charge in [-0.05, 0) is 43.9 Å². The van der Waals surface area contributed by atoms with Crippen LogP contribution >= 0.6 is 11.8 Å². The van der Waals surface area contributed by atoms with Gasteiger partial charge in [-0.25, -0.2) is 0 Å². The maximum atomic E-state index is 12.0. The first kappa shape index (κ1) is 16.0. The van der Waals surface area contributed by atoms with Crippen molar-refractivity contribution in [1.82, 2.24) is 9.95 Å². The molecule has 0 aliphatic carbocycles. The molecule has 0 bridgehead atoms. The van der Waals surface area contributed by atoms with Crippen molar-refractivity contribution in [2.45, 2.75) is 52.5 Å². The highest BCUT2D eigenvalue weighted by Crippen LogP contribution is 2.22. The first-order valence-corrected chi connectivity index (χ1v) is 6.73. The molecule has 0 spiro atoms. The van der Waals surface area contributed by atoms with Crippen LogP contribution in [0.5, 0.6) is 0 Å². The summed E-state index contributed by atoms with van der Waals surface area (Å²) in [6.45, 7) is 12.2. The molecule has 0 aliphatic rings. The molecule has 106 valence electrons. The minimum Gasteiger partial charge on any atom is -0.270 e. The van der Waals surface area contributed by atoms with Gasteiger partial charge in [-0.3, -0.25) is 10.2 Å². The molecule has 0 atom stereocenters. The van der Waals surface area contributed by atoms with Crippen LogP contribution in [0.3, 0.4) is 0 Å². The molecule has 0 heterocycles. The van der Waals surface area contributed by atoms with E-state index < -0.39 is 0 Å². The van der Waals surface area contributed by atoms with E-state index in [1.165, 1.54) is 10.1 Å². The molecule has 0 saturated heterocycles. The van der Waals surface area contributed by atoms with Crippen molar-refractivity contribution in [2.24, 2.45) is 0 Å². The van der Waals surface area contributed by atoms with E-state index in [9.17, 15) is 4.79 Å². The lowest BCUT2D eigenvalue weighted by Gasteiger charge is -2.28. The average Bonchev–Trinajstić information content (AvgIpc) is 2.26. The van der Waals surface area contributed by atoms with Gasteiger partial charge in [0, 0.05) is 22.9 Å². The summed E-state index contributed by atoms with van der Waals surface area (Å²) in [6.07, 6.45) is 0.